The van der Waals surface area contributed by atoms with Crippen LogP contribution in [-0.4, -0.2) is 32.7 Å². The zero-order chi connectivity index (χ0) is 16.4. The van der Waals surface area contributed by atoms with Gasteiger partial charge in [0.05, 0.1) is 11.3 Å². The molecule has 0 aliphatic rings. The molecule has 0 aliphatic heterocycles. The van der Waals surface area contributed by atoms with E-state index in [-0.39, 0.29) is 5.69 Å². The highest BCUT2D eigenvalue weighted by molar-refractivity contribution is 7.94. The maximum atomic E-state index is 12.0. The van der Waals surface area contributed by atoms with E-state index < -0.39 is 41.7 Å². The molecule has 4 N–H and O–H groups in total. The van der Waals surface area contributed by atoms with E-state index in [1.165, 1.54) is 19.1 Å². The van der Waals surface area contributed by atoms with Crippen LogP contribution in [0.1, 0.15) is 17.3 Å². The lowest BCUT2D eigenvalue weighted by atomic mass is 10.2. The monoisotopic (exact) mass is 334 g/mol. The highest BCUT2D eigenvalue weighted by Crippen LogP contribution is 2.22. The van der Waals surface area contributed by atoms with Crippen LogP contribution in [0.15, 0.2) is 35.1 Å². The summed E-state index contributed by atoms with van der Waals surface area (Å²) in [7, 11) is -8.51. The number of nitrogen functional groups attached to an aromatic ring is 1. The molecule has 0 aromatic heterocycles. The Morgan fingerprint density at radius 2 is 1.95 bits per heavy atom. The topological polar surface area (TPSA) is 144 Å². The van der Waals surface area contributed by atoms with Crippen molar-refractivity contribution >= 4 is 31.5 Å². The van der Waals surface area contributed by atoms with E-state index in [1.807, 2.05) is 0 Å². The Morgan fingerprint density at radius 1 is 1.38 bits per heavy atom. The molecule has 1 rings (SSSR count). The summed E-state index contributed by atoms with van der Waals surface area (Å²) < 4.78 is 54.7. The fourth-order valence-corrected chi connectivity index (χ4v) is 2.87. The normalized spacial score (nSPS) is 13.4. The lowest BCUT2D eigenvalue weighted by Gasteiger charge is -2.14. The van der Waals surface area contributed by atoms with Gasteiger partial charge in [0.2, 0.25) is 0 Å². The summed E-state index contributed by atoms with van der Waals surface area (Å²) in [5.74, 6) is -1.01. The third-order valence-corrected chi connectivity index (χ3v) is 5.15. The number of sulfone groups is 1. The number of nitrogens with one attached hydrogen (secondary N) is 1. The number of hydrogen-bond donors (Lipinski definition) is 3. The number of carbonyl (C=O) groups is 1. The maximum absolute atomic E-state index is 12.0. The van der Waals surface area contributed by atoms with Crippen molar-refractivity contribution in [1.29, 1.82) is 0 Å². The fourth-order valence-electron chi connectivity index (χ4n) is 1.51. The minimum absolute atomic E-state index is 0.329. The van der Waals surface area contributed by atoms with Crippen molar-refractivity contribution in [2.24, 2.45) is 0 Å². The molecule has 0 aliphatic carbocycles. The van der Waals surface area contributed by atoms with E-state index in [4.69, 9.17) is 10.3 Å². The van der Waals surface area contributed by atoms with Gasteiger partial charge >= 0.3 is 0 Å². The molecule has 1 atom stereocenters. The van der Waals surface area contributed by atoms with Gasteiger partial charge in [-0.3, -0.25) is 9.35 Å². The van der Waals surface area contributed by atoms with Crippen molar-refractivity contribution in [2.45, 2.75) is 17.2 Å². The van der Waals surface area contributed by atoms with Gasteiger partial charge in [-0.1, -0.05) is 12.6 Å². The summed E-state index contributed by atoms with van der Waals surface area (Å²) >= 11 is 0. The van der Waals surface area contributed by atoms with Crippen molar-refractivity contribution in [1.82, 2.24) is 5.32 Å². The van der Waals surface area contributed by atoms with Crippen LogP contribution in [-0.2, 0) is 20.0 Å². The second kappa shape index (κ2) is 5.84. The van der Waals surface area contributed by atoms with Crippen LogP contribution in [0.4, 0.5) is 5.69 Å². The predicted octanol–water partition coefficient (Wildman–Crippen LogP) is 0.150. The second-order valence-electron chi connectivity index (χ2n) is 4.07. The van der Waals surface area contributed by atoms with E-state index in [0.717, 1.165) is 6.07 Å². The number of nitrogens with two attached hydrogens (primary N) is 1. The minimum Gasteiger partial charge on any atom is -0.398 e. The Morgan fingerprint density at radius 3 is 2.43 bits per heavy atom. The van der Waals surface area contributed by atoms with Gasteiger partial charge in [0.1, 0.15) is 10.3 Å². The van der Waals surface area contributed by atoms with E-state index in [1.54, 1.807) is 0 Å². The summed E-state index contributed by atoms with van der Waals surface area (Å²) in [5.41, 5.74) is 4.65. The number of amides is 1. The summed E-state index contributed by atoms with van der Waals surface area (Å²) in [5, 5.41) is 1.44. The van der Waals surface area contributed by atoms with Crippen molar-refractivity contribution in [2.75, 3.05) is 5.73 Å². The number of anilines is 1. The molecule has 21 heavy (non-hydrogen) atoms. The van der Waals surface area contributed by atoms with Crippen molar-refractivity contribution in [3.63, 3.8) is 0 Å². The number of benzene rings is 1. The van der Waals surface area contributed by atoms with Gasteiger partial charge in [-0.25, -0.2) is 8.42 Å². The van der Waals surface area contributed by atoms with Gasteiger partial charge in [-0.05, 0) is 19.1 Å². The third kappa shape index (κ3) is 3.80. The molecule has 1 amide bonds. The first-order valence-electron chi connectivity index (χ1n) is 5.54. The van der Waals surface area contributed by atoms with Crippen LogP contribution in [0.25, 0.3) is 0 Å². The van der Waals surface area contributed by atoms with Gasteiger partial charge < -0.3 is 11.1 Å². The average Bonchev–Trinajstić information content (AvgIpc) is 2.36. The summed E-state index contributed by atoms with van der Waals surface area (Å²) in [6.07, 6.45) is 0. The van der Waals surface area contributed by atoms with Crippen LogP contribution in [0, 0.1) is 0 Å². The van der Waals surface area contributed by atoms with Crippen LogP contribution < -0.4 is 11.1 Å². The molecule has 0 saturated carbocycles. The Kier molecular flexibility index (Phi) is 4.76. The molecular formula is C11H14N2O6S2. The van der Waals surface area contributed by atoms with Crippen LogP contribution in [0.5, 0.6) is 0 Å². The summed E-state index contributed by atoms with van der Waals surface area (Å²) in [4.78, 5) is 11.2. The SMILES string of the molecule is C=CS(=O)(=O)C(C)NC(=O)c1cccc(N)c1S(=O)(=O)O. The third-order valence-electron chi connectivity index (χ3n) is 2.61. The lowest BCUT2D eigenvalue weighted by Crippen LogP contribution is -2.38. The first kappa shape index (κ1) is 17.1. The van der Waals surface area contributed by atoms with Gasteiger partial charge in [-0.15, -0.1) is 0 Å². The first-order valence-corrected chi connectivity index (χ1v) is 8.59. The van der Waals surface area contributed by atoms with Gasteiger partial charge in [0.25, 0.3) is 16.0 Å². The quantitative estimate of drug-likeness (QED) is 0.513. The fraction of sp³-hybridized carbons (Fsp3) is 0.182. The zero-order valence-corrected chi connectivity index (χ0v) is 12.6. The molecule has 1 aromatic carbocycles. The molecule has 0 bridgehead atoms. The van der Waals surface area contributed by atoms with E-state index in [2.05, 4.69) is 11.9 Å². The van der Waals surface area contributed by atoms with Crippen LogP contribution in [0.2, 0.25) is 0 Å². The Balaban J connectivity index is 3.28. The molecule has 0 fully saturated rings. The molecule has 1 aromatic rings. The molecular weight excluding hydrogens is 320 g/mol. The van der Waals surface area contributed by atoms with Crippen molar-refractivity contribution in [3.8, 4) is 0 Å². The average molecular weight is 334 g/mol. The number of carbonyl (C=O) groups excluding carboxylic acids is 1. The minimum atomic E-state index is -4.74. The molecule has 10 heteroatoms. The zero-order valence-electron chi connectivity index (χ0n) is 11.0. The molecule has 0 heterocycles. The van der Waals surface area contributed by atoms with Gasteiger partial charge in [0.15, 0.2) is 9.84 Å². The molecule has 0 spiro atoms. The molecule has 116 valence electrons. The summed E-state index contributed by atoms with van der Waals surface area (Å²) in [6.45, 7) is 4.30. The Bertz CT molecular complexity index is 783. The highest BCUT2D eigenvalue weighted by Gasteiger charge is 2.26. The molecule has 0 radical (unpaired) electrons. The predicted molar refractivity (Wildman–Crippen MR) is 76.7 cm³/mol. The number of rotatable bonds is 5. The van der Waals surface area contributed by atoms with Crippen LogP contribution in [0.3, 0.4) is 0 Å². The largest absolute Gasteiger partial charge is 0.398 e. The standard InChI is InChI=1S/C11H14N2O6S2/c1-3-20(15,16)7(2)13-11(14)8-5-4-6-9(12)10(8)21(17,18)19/h3-7H,1,12H2,2H3,(H,13,14)(H,17,18,19). The Hall–Kier alpha value is -1.91. The van der Waals surface area contributed by atoms with E-state index in [0.29, 0.717) is 5.41 Å². The number of hydrogen-bond acceptors (Lipinski definition) is 6. The summed E-state index contributed by atoms with van der Waals surface area (Å²) in [6, 6.07) is 3.58. The van der Waals surface area contributed by atoms with Crippen molar-refractivity contribution < 1.29 is 26.2 Å². The molecule has 1 unspecified atom stereocenters. The Labute approximate surface area is 122 Å². The maximum Gasteiger partial charge on any atom is 0.297 e. The molecule has 8 nitrogen and oxygen atoms in total. The van der Waals surface area contributed by atoms with Crippen molar-refractivity contribution in [3.05, 3.63) is 35.7 Å². The van der Waals surface area contributed by atoms with E-state index >= 15 is 0 Å². The van der Waals surface area contributed by atoms with Gasteiger partial charge in [-0.2, -0.15) is 8.42 Å². The first-order chi connectivity index (χ1) is 9.50. The highest BCUT2D eigenvalue weighted by atomic mass is 32.2. The van der Waals surface area contributed by atoms with E-state index in [9.17, 15) is 21.6 Å². The van der Waals surface area contributed by atoms with Crippen LogP contribution >= 0.6 is 0 Å². The smallest absolute Gasteiger partial charge is 0.297 e. The van der Waals surface area contributed by atoms with Gasteiger partial charge in [0, 0.05) is 5.41 Å². The molecule has 0 saturated heterocycles. The second-order valence-corrected chi connectivity index (χ2v) is 7.65. The lowest BCUT2D eigenvalue weighted by molar-refractivity contribution is 0.0947.